The van der Waals surface area contributed by atoms with Crippen LogP contribution >= 0.6 is 0 Å². The first-order valence-electron chi connectivity index (χ1n) is 9.99. The van der Waals surface area contributed by atoms with Crippen molar-refractivity contribution in [1.82, 2.24) is 0 Å². The Bertz CT molecular complexity index is 1050. The van der Waals surface area contributed by atoms with Gasteiger partial charge in [-0.1, -0.05) is 6.08 Å². The number of carbonyl (C=O) groups is 1. The summed E-state index contributed by atoms with van der Waals surface area (Å²) >= 11 is 0. The van der Waals surface area contributed by atoms with Crippen molar-refractivity contribution >= 4 is 11.9 Å². The zero-order chi connectivity index (χ0) is 22.3. The highest BCUT2D eigenvalue weighted by atomic mass is 16.5. The Morgan fingerprint density at radius 2 is 1.74 bits per heavy atom. The van der Waals surface area contributed by atoms with Crippen molar-refractivity contribution in [2.24, 2.45) is 0 Å². The first-order valence-corrected chi connectivity index (χ1v) is 9.99. The van der Waals surface area contributed by atoms with Gasteiger partial charge in [0.15, 0.2) is 17.3 Å². The Morgan fingerprint density at radius 3 is 2.39 bits per heavy atom. The molecule has 7 heteroatoms. The van der Waals surface area contributed by atoms with E-state index in [4.69, 9.17) is 23.7 Å². The Morgan fingerprint density at radius 1 is 1.06 bits per heavy atom. The van der Waals surface area contributed by atoms with Gasteiger partial charge in [0.2, 0.25) is 0 Å². The molecule has 4 rings (SSSR count). The van der Waals surface area contributed by atoms with Crippen LogP contribution in [0, 0.1) is 0 Å². The van der Waals surface area contributed by atoms with Crippen molar-refractivity contribution in [3.8, 4) is 28.7 Å². The van der Waals surface area contributed by atoms with E-state index < -0.39 is 17.6 Å². The number of fused-ring (bicyclic) bond motifs is 4. The van der Waals surface area contributed by atoms with Gasteiger partial charge in [-0.2, -0.15) is 0 Å². The Kier molecular flexibility index (Phi) is 5.31. The third kappa shape index (κ3) is 3.70. The van der Waals surface area contributed by atoms with Crippen molar-refractivity contribution < 1.29 is 33.6 Å². The molecule has 2 aromatic carbocycles. The average Bonchev–Trinajstić information content (AvgIpc) is 2.75. The van der Waals surface area contributed by atoms with Gasteiger partial charge in [-0.05, 0) is 38.1 Å². The van der Waals surface area contributed by atoms with Crippen LogP contribution in [0.25, 0.3) is 6.08 Å². The summed E-state index contributed by atoms with van der Waals surface area (Å²) < 4.78 is 28.5. The molecule has 7 nitrogen and oxygen atoms in total. The highest BCUT2D eigenvalue weighted by molar-refractivity contribution is 6.06. The second kappa shape index (κ2) is 7.81. The van der Waals surface area contributed by atoms with Gasteiger partial charge in [-0.25, -0.2) is 0 Å². The second-order valence-corrected chi connectivity index (χ2v) is 8.10. The molecule has 2 aliphatic rings. The minimum absolute atomic E-state index is 0.0661. The molecule has 0 saturated carbocycles. The predicted molar refractivity (Wildman–Crippen MR) is 115 cm³/mol. The zero-order valence-electron chi connectivity index (χ0n) is 18.2. The van der Waals surface area contributed by atoms with Gasteiger partial charge in [0, 0.05) is 11.6 Å². The molecule has 31 heavy (non-hydrogen) atoms. The first kappa shape index (κ1) is 21.1. The third-order valence-corrected chi connectivity index (χ3v) is 5.48. The van der Waals surface area contributed by atoms with E-state index in [-0.39, 0.29) is 12.4 Å². The number of ether oxygens (including phenoxy) is 5. The molecule has 0 unspecified atom stereocenters. The van der Waals surface area contributed by atoms with E-state index in [1.807, 2.05) is 0 Å². The number of hydrogen-bond acceptors (Lipinski definition) is 7. The van der Waals surface area contributed by atoms with Gasteiger partial charge in [-0.15, -0.1) is 0 Å². The topological polar surface area (TPSA) is 83.5 Å². The molecule has 0 aromatic heterocycles. The van der Waals surface area contributed by atoms with E-state index in [1.165, 1.54) is 0 Å². The summed E-state index contributed by atoms with van der Waals surface area (Å²) in [4.78, 5) is 13.6. The van der Waals surface area contributed by atoms with Crippen molar-refractivity contribution in [1.29, 1.82) is 0 Å². The van der Waals surface area contributed by atoms with Crippen LogP contribution in [0.4, 0.5) is 0 Å². The van der Waals surface area contributed by atoms with Gasteiger partial charge in [0.25, 0.3) is 0 Å². The highest BCUT2D eigenvalue weighted by Gasteiger charge is 2.44. The largest absolute Gasteiger partial charge is 0.496 e. The zero-order valence-corrected chi connectivity index (χ0v) is 18.2. The Labute approximate surface area is 181 Å². The Balaban J connectivity index is 1.82. The molecular weight excluding hydrogens is 400 g/mol. The maximum absolute atomic E-state index is 13.6. The summed E-state index contributed by atoms with van der Waals surface area (Å²) in [5.41, 5.74) is 0.735. The maximum Gasteiger partial charge on any atom is 0.178 e. The van der Waals surface area contributed by atoms with Crippen LogP contribution in [0.3, 0.4) is 0 Å². The standard InChI is InChI=1S/C24H26O7/c1-24(2,26)9-8-13-16(27-3)7-6-14-22(25)21-15-10-18(28-4)19(29-5)11-17(15)30-12-20(21)31-23(13)14/h6-11,20-21,26H,12H2,1-5H3/b9-8+/t20-,21+/m1/s1. The predicted octanol–water partition coefficient (Wildman–Crippen LogP) is 3.62. The summed E-state index contributed by atoms with van der Waals surface area (Å²) in [7, 11) is 4.65. The highest BCUT2D eigenvalue weighted by Crippen LogP contribution is 2.48. The molecule has 0 spiro atoms. The number of methoxy groups -OCH3 is 3. The monoisotopic (exact) mass is 426 g/mol. The molecule has 0 bridgehead atoms. The quantitative estimate of drug-likeness (QED) is 0.782. The molecule has 2 aliphatic heterocycles. The summed E-state index contributed by atoms with van der Waals surface area (Å²) in [6.07, 6.45) is 2.85. The van der Waals surface area contributed by atoms with Crippen LogP contribution in [0.2, 0.25) is 0 Å². The molecule has 2 atom stereocenters. The number of rotatable bonds is 5. The molecule has 0 saturated heterocycles. The van der Waals surface area contributed by atoms with Gasteiger partial charge < -0.3 is 28.8 Å². The van der Waals surface area contributed by atoms with Gasteiger partial charge in [-0.3, -0.25) is 4.79 Å². The molecule has 2 heterocycles. The molecule has 1 N–H and O–H groups in total. The smallest absolute Gasteiger partial charge is 0.178 e. The number of hydrogen-bond donors (Lipinski definition) is 1. The summed E-state index contributed by atoms with van der Waals surface area (Å²) in [5, 5.41) is 10.1. The molecule has 0 radical (unpaired) electrons. The van der Waals surface area contributed by atoms with Crippen LogP contribution in [0.1, 0.15) is 41.3 Å². The minimum Gasteiger partial charge on any atom is -0.496 e. The molecule has 2 aromatic rings. The average molecular weight is 426 g/mol. The lowest BCUT2D eigenvalue weighted by Crippen LogP contribution is -2.43. The first-order chi connectivity index (χ1) is 14.8. The van der Waals surface area contributed by atoms with E-state index in [0.29, 0.717) is 45.4 Å². The van der Waals surface area contributed by atoms with Crippen LogP contribution in [0.5, 0.6) is 28.7 Å². The van der Waals surface area contributed by atoms with Crippen molar-refractivity contribution in [2.75, 3.05) is 27.9 Å². The van der Waals surface area contributed by atoms with Crippen molar-refractivity contribution in [2.45, 2.75) is 31.5 Å². The minimum atomic E-state index is -1.03. The maximum atomic E-state index is 13.6. The fourth-order valence-electron chi connectivity index (χ4n) is 3.97. The van der Waals surface area contributed by atoms with Crippen molar-refractivity contribution in [3.63, 3.8) is 0 Å². The van der Waals surface area contributed by atoms with Crippen LogP contribution in [-0.4, -0.2) is 50.5 Å². The molecule has 0 aliphatic carbocycles. The van der Waals surface area contributed by atoms with E-state index in [0.717, 1.165) is 0 Å². The fraction of sp³-hybridized carbons (Fsp3) is 0.375. The Hall–Kier alpha value is -3.19. The number of aliphatic hydroxyl groups is 1. The summed E-state index contributed by atoms with van der Waals surface area (Å²) in [6, 6.07) is 6.96. The number of Topliss-reactive ketones (excluding diaryl/α,β-unsaturated/α-hetero) is 1. The van der Waals surface area contributed by atoms with Crippen LogP contribution in [0.15, 0.2) is 30.3 Å². The van der Waals surface area contributed by atoms with Gasteiger partial charge in [0.1, 0.15) is 30.0 Å². The fourth-order valence-corrected chi connectivity index (χ4v) is 3.97. The van der Waals surface area contributed by atoms with E-state index in [1.54, 1.807) is 71.6 Å². The SMILES string of the molecule is COc1cc2c(cc1OC)[C@@H]1C(=O)c3ccc(OC)c(/C=C/C(C)(C)O)c3O[C@@H]1CO2. The van der Waals surface area contributed by atoms with E-state index in [9.17, 15) is 9.90 Å². The third-order valence-electron chi connectivity index (χ3n) is 5.48. The molecular formula is C24H26O7. The lowest BCUT2D eigenvalue weighted by molar-refractivity contribution is 0.0556. The van der Waals surface area contributed by atoms with E-state index in [2.05, 4.69) is 0 Å². The number of benzene rings is 2. The normalized spacial score (nSPS) is 19.6. The summed E-state index contributed by atoms with van der Waals surface area (Å²) in [5.74, 6) is 2.02. The van der Waals surface area contributed by atoms with Crippen molar-refractivity contribution in [3.05, 3.63) is 47.0 Å². The second-order valence-electron chi connectivity index (χ2n) is 8.10. The summed E-state index contributed by atoms with van der Waals surface area (Å²) in [6.45, 7) is 3.55. The lowest BCUT2D eigenvalue weighted by atomic mass is 9.81. The molecule has 164 valence electrons. The number of carbonyl (C=O) groups excluding carboxylic acids is 1. The molecule has 0 amide bonds. The van der Waals surface area contributed by atoms with Gasteiger partial charge in [0.05, 0.1) is 44.0 Å². The molecule has 0 fully saturated rings. The van der Waals surface area contributed by atoms with Crippen LogP contribution in [-0.2, 0) is 0 Å². The number of ketones is 1. The van der Waals surface area contributed by atoms with Gasteiger partial charge >= 0.3 is 0 Å². The lowest BCUT2D eigenvalue weighted by Gasteiger charge is -2.38. The van der Waals surface area contributed by atoms with E-state index >= 15 is 0 Å². The van der Waals surface area contributed by atoms with Crippen LogP contribution < -0.4 is 23.7 Å².